The molecular formula is C8H9ClN4O2S. The van der Waals surface area contributed by atoms with E-state index in [0.717, 1.165) is 4.88 Å². The van der Waals surface area contributed by atoms with Gasteiger partial charge in [-0.1, -0.05) is 16.7 Å². The maximum Gasteiger partial charge on any atom is 0.183 e. The molecular weight excluding hydrogens is 252 g/mol. The average Bonchev–Trinajstić information content (AvgIpc) is 2.67. The Balaban J connectivity index is 2.06. The van der Waals surface area contributed by atoms with Crippen molar-refractivity contribution in [1.29, 1.82) is 0 Å². The van der Waals surface area contributed by atoms with Gasteiger partial charge in [0.1, 0.15) is 6.61 Å². The minimum absolute atomic E-state index is 0.318. The molecule has 1 aromatic heterocycles. The predicted molar refractivity (Wildman–Crippen MR) is 61.6 cm³/mol. The SMILES string of the molecule is O=N/N=C1\COCCN1Cc1cnc(Cl)s1. The molecule has 0 atom stereocenters. The van der Waals surface area contributed by atoms with Gasteiger partial charge < -0.3 is 9.64 Å². The van der Waals surface area contributed by atoms with E-state index in [2.05, 4.69) is 15.4 Å². The van der Waals surface area contributed by atoms with Crippen LogP contribution in [-0.4, -0.2) is 35.5 Å². The lowest BCUT2D eigenvalue weighted by Gasteiger charge is -2.28. The van der Waals surface area contributed by atoms with E-state index in [1.54, 1.807) is 6.20 Å². The van der Waals surface area contributed by atoms with Gasteiger partial charge >= 0.3 is 0 Å². The van der Waals surface area contributed by atoms with Gasteiger partial charge in [0.2, 0.25) is 0 Å². The summed E-state index contributed by atoms with van der Waals surface area (Å²) in [6.07, 6.45) is 1.72. The second-order valence-corrected chi connectivity index (χ2v) is 4.85. The highest BCUT2D eigenvalue weighted by molar-refractivity contribution is 7.15. The van der Waals surface area contributed by atoms with E-state index in [4.69, 9.17) is 16.3 Å². The lowest BCUT2D eigenvalue weighted by atomic mass is 10.3. The summed E-state index contributed by atoms with van der Waals surface area (Å²) in [5.74, 6) is 0.547. The third-order valence-electron chi connectivity index (χ3n) is 2.13. The van der Waals surface area contributed by atoms with Crippen molar-refractivity contribution in [1.82, 2.24) is 9.88 Å². The first-order valence-electron chi connectivity index (χ1n) is 4.61. The van der Waals surface area contributed by atoms with Crippen LogP contribution < -0.4 is 0 Å². The number of aromatic nitrogens is 1. The number of rotatable bonds is 3. The molecule has 1 fully saturated rings. The third kappa shape index (κ3) is 2.75. The van der Waals surface area contributed by atoms with Crippen molar-refractivity contribution < 1.29 is 4.74 Å². The second-order valence-electron chi connectivity index (χ2n) is 3.15. The number of hydrogen-bond acceptors (Lipinski definition) is 5. The summed E-state index contributed by atoms with van der Waals surface area (Å²) in [6.45, 7) is 2.24. The fourth-order valence-electron chi connectivity index (χ4n) is 1.41. The highest BCUT2D eigenvalue weighted by Gasteiger charge is 2.18. The van der Waals surface area contributed by atoms with Crippen LogP contribution in [0.3, 0.4) is 0 Å². The molecule has 0 aromatic carbocycles. The number of nitroso groups, excluding NO2 is 1. The van der Waals surface area contributed by atoms with Crippen LogP contribution in [0.15, 0.2) is 16.6 Å². The highest BCUT2D eigenvalue weighted by atomic mass is 35.5. The fourth-order valence-corrected chi connectivity index (χ4v) is 2.41. The molecule has 1 aliphatic rings. The van der Waals surface area contributed by atoms with Crippen LogP contribution in [0.4, 0.5) is 0 Å². The van der Waals surface area contributed by atoms with Crippen molar-refractivity contribution in [3.63, 3.8) is 0 Å². The number of nitrogens with zero attached hydrogens (tertiary/aromatic N) is 4. The van der Waals surface area contributed by atoms with Gasteiger partial charge in [-0.25, -0.2) is 4.98 Å². The zero-order chi connectivity index (χ0) is 11.4. The Morgan fingerprint density at radius 2 is 2.56 bits per heavy atom. The number of thiazole rings is 1. The molecule has 1 aromatic rings. The van der Waals surface area contributed by atoms with Gasteiger partial charge in [-0.2, -0.15) is 0 Å². The predicted octanol–water partition coefficient (Wildman–Crippen LogP) is 1.71. The van der Waals surface area contributed by atoms with Crippen LogP contribution in [0.1, 0.15) is 4.88 Å². The normalized spacial score (nSPS) is 19.1. The molecule has 2 rings (SSSR count). The van der Waals surface area contributed by atoms with E-state index in [1.807, 2.05) is 4.90 Å². The molecule has 1 aliphatic heterocycles. The number of hydrogen-bond donors (Lipinski definition) is 0. The molecule has 6 nitrogen and oxygen atoms in total. The van der Waals surface area contributed by atoms with Gasteiger partial charge in [-0.15, -0.1) is 16.2 Å². The van der Waals surface area contributed by atoms with Crippen molar-refractivity contribution in [2.45, 2.75) is 6.54 Å². The van der Waals surface area contributed by atoms with Crippen LogP contribution in [0, 0.1) is 4.91 Å². The number of halogens is 1. The van der Waals surface area contributed by atoms with Crippen molar-refractivity contribution in [3.05, 3.63) is 20.4 Å². The Bertz CT molecular complexity index is 408. The summed E-state index contributed by atoms with van der Waals surface area (Å²) < 4.78 is 5.71. The lowest BCUT2D eigenvalue weighted by Crippen LogP contribution is -2.40. The van der Waals surface area contributed by atoms with E-state index in [1.165, 1.54) is 11.3 Å². The van der Waals surface area contributed by atoms with Crippen LogP contribution in [0.25, 0.3) is 0 Å². The summed E-state index contributed by atoms with van der Waals surface area (Å²) in [5, 5.41) is 6.04. The molecule has 1 saturated heterocycles. The molecule has 0 spiro atoms. The van der Waals surface area contributed by atoms with E-state index in [0.29, 0.717) is 36.6 Å². The van der Waals surface area contributed by atoms with E-state index < -0.39 is 0 Å². The lowest BCUT2D eigenvalue weighted by molar-refractivity contribution is 0.113. The molecule has 0 unspecified atom stereocenters. The van der Waals surface area contributed by atoms with Crippen molar-refractivity contribution in [2.75, 3.05) is 19.8 Å². The summed E-state index contributed by atoms with van der Waals surface area (Å²) in [4.78, 5) is 17.0. The minimum atomic E-state index is 0.318. The Morgan fingerprint density at radius 1 is 1.69 bits per heavy atom. The van der Waals surface area contributed by atoms with Crippen molar-refractivity contribution >= 4 is 28.8 Å². The number of amidine groups is 1. The van der Waals surface area contributed by atoms with Crippen LogP contribution >= 0.6 is 22.9 Å². The summed E-state index contributed by atoms with van der Waals surface area (Å²) in [6, 6.07) is 0. The molecule has 8 heteroatoms. The van der Waals surface area contributed by atoms with Crippen LogP contribution in [0.5, 0.6) is 0 Å². The highest BCUT2D eigenvalue weighted by Crippen LogP contribution is 2.20. The summed E-state index contributed by atoms with van der Waals surface area (Å²) >= 11 is 7.15. The topological polar surface area (TPSA) is 67.2 Å². The fraction of sp³-hybridized carbons (Fsp3) is 0.500. The van der Waals surface area contributed by atoms with Crippen molar-refractivity contribution in [2.24, 2.45) is 10.4 Å². The Kier molecular flexibility index (Phi) is 3.81. The van der Waals surface area contributed by atoms with Gasteiger partial charge in [-0.3, -0.25) is 0 Å². The standard InChI is InChI=1S/C8H9ClN4O2S/c9-8-10-3-6(16-8)4-13-1-2-15-5-7(13)11-12-14/h3H,1-2,4-5H2/b11-7+. The summed E-state index contributed by atoms with van der Waals surface area (Å²) in [5.41, 5.74) is 0. The first-order chi connectivity index (χ1) is 7.79. The maximum atomic E-state index is 10.1. The maximum absolute atomic E-state index is 10.1. The smallest absolute Gasteiger partial charge is 0.183 e. The molecule has 0 aliphatic carbocycles. The zero-order valence-corrected chi connectivity index (χ0v) is 9.87. The first-order valence-corrected chi connectivity index (χ1v) is 5.81. The van der Waals surface area contributed by atoms with Crippen LogP contribution in [-0.2, 0) is 11.3 Å². The third-order valence-corrected chi connectivity index (χ3v) is 3.23. The van der Waals surface area contributed by atoms with Gasteiger partial charge in [0.25, 0.3) is 0 Å². The first kappa shape index (κ1) is 11.4. The Hall–Kier alpha value is -1.05. The number of morpholine rings is 1. The Labute approximate surface area is 101 Å². The van der Waals surface area contributed by atoms with E-state index >= 15 is 0 Å². The molecule has 0 N–H and O–H groups in total. The Morgan fingerprint density at radius 3 is 3.25 bits per heavy atom. The molecule has 0 saturated carbocycles. The summed E-state index contributed by atoms with van der Waals surface area (Å²) in [7, 11) is 0. The van der Waals surface area contributed by atoms with E-state index in [-0.39, 0.29) is 0 Å². The molecule has 86 valence electrons. The minimum Gasteiger partial charge on any atom is -0.372 e. The van der Waals surface area contributed by atoms with Crippen LogP contribution in [0.2, 0.25) is 4.47 Å². The zero-order valence-electron chi connectivity index (χ0n) is 8.30. The van der Waals surface area contributed by atoms with Gasteiger partial charge in [0.05, 0.1) is 18.4 Å². The van der Waals surface area contributed by atoms with Gasteiger partial charge in [-0.05, 0) is 0 Å². The molecule has 0 amide bonds. The van der Waals surface area contributed by atoms with E-state index in [9.17, 15) is 4.91 Å². The number of ether oxygens (including phenoxy) is 1. The largest absolute Gasteiger partial charge is 0.372 e. The molecule has 0 bridgehead atoms. The second kappa shape index (κ2) is 5.33. The molecule has 2 heterocycles. The van der Waals surface area contributed by atoms with Gasteiger partial charge in [0.15, 0.2) is 10.3 Å². The average molecular weight is 261 g/mol. The van der Waals surface area contributed by atoms with Gasteiger partial charge in [0, 0.05) is 17.6 Å². The monoisotopic (exact) mass is 260 g/mol. The molecule has 16 heavy (non-hydrogen) atoms. The van der Waals surface area contributed by atoms with Crippen molar-refractivity contribution in [3.8, 4) is 0 Å². The quantitative estimate of drug-likeness (QED) is 0.613. The molecule has 0 radical (unpaired) electrons.